The highest BCUT2D eigenvalue weighted by Crippen LogP contribution is 2.44. The van der Waals surface area contributed by atoms with Gasteiger partial charge in [0, 0.05) is 54.6 Å². The van der Waals surface area contributed by atoms with Crippen molar-refractivity contribution in [1.82, 2.24) is 0 Å². The maximum atomic E-state index is 6.95. The molecule has 0 spiro atoms. The summed E-state index contributed by atoms with van der Waals surface area (Å²) in [6, 6.07) is 27.3. The molecule has 0 fully saturated rings. The predicted octanol–water partition coefficient (Wildman–Crippen LogP) is 9.94. The third kappa shape index (κ3) is 4.38. The van der Waals surface area contributed by atoms with Crippen molar-refractivity contribution in [3.8, 4) is 22.5 Å². The van der Waals surface area contributed by atoms with Gasteiger partial charge in [-0.15, -0.1) is 11.3 Å². The summed E-state index contributed by atoms with van der Waals surface area (Å²) < 4.78 is 12.9. The zero-order valence-corrected chi connectivity index (χ0v) is 27.5. The van der Waals surface area contributed by atoms with Gasteiger partial charge in [0.1, 0.15) is 18.2 Å². The molecular formula is C41H38N2OS+2. The normalized spacial score (nSPS) is 15.9. The number of aryl methyl sites for hydroxylation is 6. The van der Waals surface area contributed by atoms with Gasteiger partial charge in [-0.3, -0.25) is 0 Å². The second-order valence-electron chi connectivity index (χ2n) is 12.9. The number of thiophene rings is 1. The van der Waals surface area contributed by atoms with Gasteiger partial charge in [-0.05, 0) is 93.6 Å². The van der Waals surface area contributed by atoms with Crippen molar-refractivity contribution in [3.05, 3.63) is 131 Å². The van der Waals surface area contributed by atoms with Crippen LogP contribution in [-0.2, 0) is 13.5 Å². The molecule has 4 heteroatoms. The minimum absolute atomic E-state index is 0.182. The fraction of sp³-hybridized carbons (Fsp3) is 0.220. The first-order valence-corrected chi connectivity index (χ1v) is 16.7. The summed E-state index contributed by atoms with van der Waals surface area (Å²) in [6.45, 7) is 13.1. The highest BCUT2D eigenvalue weighted by molar-refractivity contribution is 7.19. The first-order valence-electron chi connectivity index (χ1n) is 15.9. The number of furan rings is 1. The van der Waals surface area contributed by atoms with E-state index in [1.54, 1.807) is 0 Å². The second kappa shape index (κ2) is 10.5. The van der Waals surface area contributed by atoms with Crippen LogP contribution in [0.2, 0.25) is 0 Å². The van der Waals surface area contributed by atoms with Gasteiger partial charge in [0.15, 0.2) is 18.4 Å². The van der Waals surface area contributed by atoms with Crippen LogP contribution in [0.15, 0.2) is 102 Å². The molecule has 5 heterocycles. The second-order valence-corrected chi connectivity index (χ2v) is 14.2. The van der Waals surface area contributed by atoms with Gasteiger partial charge in [-0.1, -0.05) is 36.9 Å². The molecule has 1 aliphatic rings. The van der Waals surface area contributed by atoms with Gasteiger partial charge in [0.2, 0.25) is 11.4 Å². The minimum Gasteiger partial charge on any atom is -0.454 e. The Morgan fingerprint density at radius 1 is 0.822 bits per heavy atom. The third-order valence-corrected chi connectivity index (χ3v) is 11.0. The van der Waals surface area contributed by atoms with E-state index in [9.17, 15) is 0 Å². The van der Waals surface area contributed by atoms with E-state index in [4.69, 9.17) is 4.42 Å². The van der Waals surface area contributed by atoms with Crippen LogP contribution in [0.3, 0.4) is 0 Å². The van der Waals surface area contributed by atoms with E-state index in [-0.39, 0.29) is 6.04 Å². The number of aromatic nitrogens is 2. The van der Waals surface area contributed by atoms with E-state index in [1.807, 2.05) is 11.3 Å². The van der Waals surface area contributed by atoms with Crippen LogP contribution in [0.5, 0.6) is 0 Å². The standard InChI is InChI=1S/C41H38N2OS/c1-7-35-31(29-10-8-9-11-30(29)36-18-12-24(2)22-43(35)36)15-13-28-14-16-33-32-17-19-38-34(21-27(5)45-38)40(32)44-41(33)39(28)37-20-25(3)26(4)23-42(37)6/h7-12,14,16-23,31,35H,1,13,15H2,2-6H3/q+2. The summed E-state index contributed by atoms with van der Waals surface area (Å²) in [6.07, 6.45) is 8.60. The van der Waals surface area contributed by atoms with E-state index in [2.05, 4.69) is 142 Å². The Balaban J connectivity index is 1.31. The molecule has 3 aromatic carbocycles. The molecule has 0 saturated carbocycles. The van der Waals surface area contributed by atoms with Crippen LogP contribution >= 0.6 is 11.3 Å². The van der Waals surface area contributed by atoms with Gasteiger partial charge in [0.25, 0.3) is 0 Å². The molecule has 0 bridgehead atoms. The fourth-order valence-electron chi connectivity index (χ4n) is 7.65. The molecule has 45 heavy (non-hydrogen) atoms. The highest BCUT2D eigenvalue weighted by Gasteiger charge is 2.38. The Kier molecular flexibility index (Phi) is 6.54. The minimum atomic E-state index is 0.182. The quantitative estimate of drug-likeness (QED) is 0.141. The van der Waals surface area contributed by atoms with Crippen LogP contribution in [0.25, 0.3) is 54.5 Å². The summed E-state index contributed by atoms with van der Waals surface area (Å²) in [5.41, 5.74) is 13.5. The number of pyridine rings is 2. The predicted molar refractivity (Wildman–Crippen MR) is 187 cm³/mol. The first kappa shape index (κ1) is 28.0. The molecule has 2 unspecified atom stereocenters. The van der Waals surface area contributed by atoms with Crippen LogP contribution in [0.4, 0.5) is 0 Å². The SMILES string of the molecule is C=CC1C(CCc2ccc3c(oc4c5cc(C)sc5ccc34)c2-c2cc(C)c(C)c[n+]2C)c2ccccc2-c2ccc(C)c[n+]21. The molecule has 1 aliphatic heterocycles. The molecule has 7 aromatic rings. The Morgan fingerprint density at radius 3 is 2.47 bits per heavy atom. The zero-order valence-electron chi connectivity index (χ0n) is 26.6. The van der Waals surface area contributed by atoms with E-state index in [0.717, 1.165) is 24.0 Å². The fourth-order valence-corrected chi connectivity index (χ4v) is 8.57. The average molecular weight is 607 g/mol. The van der Waals surface area contributed by atoms with Gasteiger partial charge in [-0.25, -0.2) is 4.57 Å². The number of hydrogen-bond donors (Lipinski definition) is 0. The molecule has 0 amide bonds. The lowest BCUT2D eigenvalue weighted by atomic mass is 9.79. The largest absolute Gasteiger partial charge is 0.454 e. The Labute approximate surface area is 268 Å². The number of allylic oxidation sites excluding steroid dienone is 1. The molecule has 3 nitrogen and oxygen atoms in total. The lowest BCUT2D eigenvalue weighted by molar-refractivity contribution is -0.707. The maximum absolute atomic E-state index is 6.95. The van der Waals surface area contributed by atoms with Crippen LogP contribution in [0, 0.1) is 27.7 Å². The van der Waals surface area contributed by atoms with E-state index in [1.165, 1.54) is 76.1 Å². The molecule has 0 aliphatic carbocycles. The highest BCUT2D eigenvalue weighted by atomic mass is 32.1. The number of benzene rings is 3. The molecule has 222 valence electrons. The molecule has 0 saturated heterocycles. The molecule has 2 atom stereocenters. The maximum Gasteiger partial charge on any atom is 0.216 e. The number of rotatable bonds is 5. The van der Waals surface area contributed by atoms with Crippen molar-refractivity contribution in [2.75, 3.05) is 0 Å². The lowest BCUT2D eigenvalue weighted by Crippen LogP contribution is -2.46. The van der Waals surface area contributed by atoms with Gasteiger partial charge < -0.3 is 4.42 Å². The van der Waals surface area contributed by atoms with Crippen molar-refractivity contribution in [2.24, 2.45) is 7.05 Å². The van der Waals surface area contributed by atoms with Crippen molar-refractivity contribution in [1.29, 1.82) is 0 Å². The van der Waals surface area contributed by atoms with Crippen molar-refractivity contribution < 1.29 is 13.6 Å². The average Bonchev–Trinajstić information content (AvgIpc) is 3.61. The number of nitrogens with zero attached hydrogens (tertiary/aromatic N) is 2. The van der Waals surface area contributed by atoms with E-state index >= 15 is 0 Å². The topological polar surface area (TPSA) is 20.9 Å². The molecule has 0 radical (unpaired) electrons. The first-order chi connectivity index (χ1) is 21.8. The van der Waals surface area contributed by atoms with Crippen LogP contribution in [-0.4, -0.2) is 0 Å². The summed E-state index contributed by atoms with van der Waals surface area (Å²) >= 11 is 1.83. The Bertz CT molecular complexity index is 2320. The van der Waals surface area contributed by atoms with Crippen LogP contribution in [0.1, 0.15) is 51.1 Å². The number of fused-ring (bicyclic) bond motifs is 8. The third-order valence-electron chi connectivity index (χ3n) is 9.97. The summed E-state index contributed by atoms with van der Waals surface area (Å²) in [5, 5.41) is 3.58. The molecule has 0 N–H and O–H groups in total. The Hall–Kier alpha value is -4.54. The molecular weight excluding hydrogens is 569 g/mol. The Morgan fingerprint density at radius 2 is 1.62 bits per heavy atom. The summed E-state index contributed by atoms with van der Waals surface area (Å²) in [4.78, 5) is 1.30. The molecule has 8 rings (SSSR count). The smallest absolute Gasteiger partial charge is 0.216 e. The van der Waals surface area contributed by atoms with Gasteiger partial charge >= 0.3 is 0 Å². The molecule has 4 aromatic heterocycles. The lowest BCUT2D eigenvalue weighted by Gasteiger charge is -2.29. The van der Waals surface area contributed by atoms with Gasteiger partial charge in [-0.2, -0.15) is 4.57 Å². The zero-order chi connectivity index (χ0) is 31.0. The van der Waals surface area contributed by atoms with Crippen molar-refractivity contribution in [3.63, 3.8) is 0 Å². The van der Waals surface area contributed by atoms with Gasteiger partial charge in [0.05, 0.1) is 11.5 Å². The van der Waals surface area contributed by atoms with Crippen molar-refractivity contribution >= 4 is 43.4 Å². The monoisotopic (exact) mass is 606 g/mol. The van der Waals surface area contributed by atoms with Crippen molar-refractivity contribution in [2.45, 2.75) is 52.5 Å². The summed E-state index contributed by atoms with van der Waals surface area (Å²) in [5.74, 6) is 0.305. The summed E-state index contributed by atoms with van der Waals surface area (Å²) in [7, 11) is 2.16. The van der Waals surface area contributed by atoms with E-state index in [0.29, 0.717) is 5.92 Å². The number of hydrogen-bond acceptors (Lipinski definition) is 2. The van der Waals surface area contributed by atoms with Crippen LogP contribution < -0.4 is 9.13 Å². The van der Waals surface area contributed by atoms with E-state index < -0.39 is 0 Å².